The Kier molecular flexibility index (Phi) is 3.42. The molecule has 2 aromatic carbocycles. The normalized spacial score (nSPS) is 10.9. The molecule has 0 spiro atoms. The van der Waals surface area contributed by atoms with Crippen LogP contribution < -0.4 is 4.74 Å². The summed E-state index contributed by atoms with van der Waals surface area (Å²) in [6.45, 7) is 4.88. The van der Waals surface area contributed by atoms with E-state index < -0.39 is 0 Å². The van der Waals surface area contributed by atoms with E-state index in [-0.39, 0.29) is 0 Å². The van der Waals surface area contributed by atoms with Gasteiger partial charge in [0, 0.05) is 5.56 Å². The highest BCUT2D eigenvalue weighted by Gasteiger charge is 2.08. The minimum Gasteiger partial charge on any atom is -0.494 e. The van der Waals surface area contributed by atoms with Crippen LogP contribution in [0.25, 0.3) is 22.6 Å². The number of nitrogens with zero attached hydrogens (tertiary/aromatic N) is 1. The third-order valence-electron chi connectivity index (χ3n) is 3.12. The summed E-state index contributed by atoms with van der Waals surface area (Å²) in [7, 11) is 0. The zero-order chi connectivity index (χ0) is 13.9. The molecule has 0 saturated heterocycles. The molecule has 3 aromatic rings. The minimum atomic E-state index is 0.646. The lowest BCUT2D eigenvalue weighted by Crippen LogP contribution is -1.94. The maximum absolute atomic E-state index is 5.78. The second-order valence-electron chi connectivity index (χ2n) is 4.86. The summed E-state index contributed by atoms with van der Waals surface area (Å²) in [5, 5.41) is 0. The number of aromatic nitrogens is 1. The molecular formula is C17H17NO2. The molecule has 0 bridgehead atoms. The van der Waals surface area contributed by atoms with Crippen LogP contribution in [0.15, 0.2) is 46.9 Å². The Bertz CT molecular complexity index is 713. The summed E-state index contributed by atoms with van der Waals surface area (Å²) in [6, 6.07) is 13.9. The molecule has 0 aliphatic rings. The van der Waals surface area contributed by atoms with E-state index in [0.717, 1.165) is 35.4 Å². The second kappa shape index (κ2) is 5.37. The number of hydrogen-bond donors (Lipinski definition) is 0. The Morgan fingerprint density at radius 3 is 2.65 bits per heavy atom. The van der Waals surface area contributed by atoms with E-state index in [4.69, 9.17) is 9.15 Å². The van der Waals surface area contributed by atoms with Crippen molar-refractivity contribution in [3.05, 3.63) is 48.0 Å². The highest BCUT2D eigenvalue weighted by Crippen LogP contribution is 2.26. The van der Waals surface area contributed by atoms with E-state index >= 15 is 0 Å². The fourth-order valence-electron chi connectivity index (χ4n) is 2.07. The van der Waals surface area contributed by atoms with Gasteiger partial charge in [-0.1, -0.05) is 13.0 Å². The molecule has 0 radical (unpaired) electrons. The molecule has 0 unspecified atom stereocenters. The largest absolute Gasteiger partial charge is 0.494 e. The van der Waals surface area contributed by atoms with E-state index in [1.54, 1.807) is 0 Å². The standard InChI is InChI=1S/C17H17NO2/c1-3-10-19-14-7-5-13(6-8-14)17-18-15-11-12(2)4-9-16(15)20-17/h4-9,11H,3,10H2,1-2H3. The fourth-order valence-corrected chi connectivity index (χ4v) is 2.07. The van der Waals surface area contributed by atoms with Gasteiger partial charge in [-0.25, -0.2) is 4.98 Å². The molecule has 0 fully saturated rings. The van der Waals surface area contributed by atoms with Gasteiger partial charge in [-0.3, -0.25) is 0 Å². The number of aryl methyl sites for hydroxylation is 1. The first-order valence-electron chi connectivity index (χ1n) is 6.86. The third-order valence-corrected chi connectivity index (χ3v) is 3.12. The first-order valence-corrected chi connectivity index (χ1v) is 6.86. The van der Waals surface area contributed by atoms with Crippen molar-refractivity contribution in [1.82, 2.24) is 4.98 Å². The predicted octanol–water partition coefficient (Wildman–Crippen LogP) is 4.59. The molecule has 1 aromatic heterocycles. The monoisotopic (exact) mass is 267 g/mol. The van der Waals surface area contributed by atoms with Gasteiger partial charge in [-0.05, 0) is 55.3 Å². The zero-order valence-corrected chi connectivity index (χ0v) is 11.7. The maximum Gasteiger partial charge on any atom is 0.227 e. The van der Waals surface area contributed by atoms with Gasteiger partial charge in [-0.15, -0.1) is 0 Å². The van der Waals surface area contributed by atoms with Crippen LogP contribution in [0.3, 0.4) is 0 Å². The van der Waals surface area contributed by atoms with Crippen molar-refractivity contribution in [1.29, 1.82) is 0 Å². The van der Waals surface area contributed by atoms with Gasteiger partial charge in [0.1, 0.15) is 11.3 Å². The van der Waals surface area contributed by atoms with Crippen molar-refractivity contribution in [3.63, 3.8) is 0 Å². The van der Waals surface area contributed by atoms with Crippen LogP contribution in [-0.4, -0.2) is 11.6 Å². The van der Waals surface area contributed by atoms with Crippen molar-refractivity contribution in [3.8, 4) is 17.2 Å². The average molecular weight is 267 g/mol. The highest BCUT2D eigenvalue weighted by molar-refractivity contribution is 5.76. The first-order chi connectivity index (χ1) is 9.76. The van der Waals surface area contributed by atoms with Crippen molar-refractivity contribution in [2.45, 2.75) is 20.3 Å². The van der Waals surface area contributed by atoms with Crippen LogP contribution in [0.2, 0.25) is 0 Å². The van der Waals surface area contributed by atoms with Crippen molar-refractivity contribution in [2.24, 2.45) is 0 Å². The third kappa shape index (κ3) is 2.52. The fraction of sp³-hybridized carbons (Fsp3) is 0.235. The molecule has 0 atom stereocenters. The topological polar surface area (TPSA) is 35.3 Å². The van der Waals surface area contributed by atoms with E-state index in [1.807, 2.05) is 49.4 Å². The molecule has 3 rings (SSSR count). The van der Waals surface area contributed by atoms with Gasteiger partial charge >= 0.3 is 0 Å². The van der Waals surface area contributed by atoms with Gasteiger partial charge in [-0.2, -0.15) is 0 Å². The number of oxazole rings is 1. The summed E-state index contributed by atoms with van der Waals surface area (Å²) in [6.07, 6.45) is 1.01. The Morgan fingerprint density at radius 2 is 1.90 bits per heavy atom. The number of benzene rings is 2. The Hall–Kier alpha value is -2.29. The molecule has 1 heterocycles. The lowest BCUT2D eigenvalue weighted by molar-refractivity contribution is 0.317. The summed E-state index contributed by atoms with van der Waals surface area (Å²) in [5.41, 5.74) is 3.85. The second-order valence-corrected chi connectivity index (χ2v) is 4.86. The molecule has 3 heteroatoms. The smallest absolute Gasteiger partial charge is 0.227 e. The van der Waals surface area contributed by atoms with Gasteiger partial charge in [0.25, 0.3) is 0 Å². The van der Waals surface area contributed by atoms with Crippen LogP contribution in [0.4, 0.5) is 0 Å². The summed E-state index contributed by atoms with van der Waals surface area (Å²) in [4.78, 5) is 4.53. The average Bonchev–Trinajstić information content (AvgIpc) is 2.88. The lowest BCUT2D eigenvalue weighted by Gasteiger charge is -2.04. The number of fused-ring (bicyclic) bond motifs is 1. The van der Waals surface area contributed by atoms with E-state index in [1.165, 1.54) is 5.56 Å². The first kappa shape index (κ1) is 12.7. The zero-order valence-electron chi connectivity index (χ0n) is 11.7. The van der Waals surface area contributed by atoms with E-state index in [9.17, 15) is 0 Å². The quantitative estimate of drug-likeness (QED) is 0.693. The number of rotatable bonds is 4. The molecule has 20 heavy (non-hydrogen) atoms. The minimum absolute atomic E-state index is 0.646. The Labute approximate surface area is 118 Å². The molecule has 0 aliphatic carbocycles. The van der Waals surface area contributed by atoms with Crippen molar-refractivity contribution < 1.29 is 9.15 Å². The molecule has 0 saturated carbocycles. The lowest BCUT2D eigenvalue weighted by atomic mass is 10.2. The van der Waals surface area contributed by atoms with Crippen LogP contribution >= 0.6 is 0 Å². The van der Waals surface area contributed by atoms with Gasteiger partial charge in [0.15, 0.2) is 5.58 Å². The van der Waals surface area contributed by atoms with Crippen molar-refractivity contribution >= 4 is 11.1 Å². The van der Waals surface area contributed by atoms with Crippen molar-refractivity contribution in [2.75, 3.05) is 6.61 Å². The number of hydrogen-bond acceptors (Lipinski definition) is 3. The number of ether oxygens (including phenoxy) is 1. The SMILES string of the molecule is CCCOc1ccc(-c2nc3cc(C)ccc3o2)cc1. The summed E-state index contributed by atoms with van der Waals surface area (Å²) in [5.74, 6) is 1.52. The summed E-state index contributed by atoms with van der Waals surface area (Å²) < 4.78 is 11.3. The maximum atomic E-state index is 5.78. The highest BCUT2D eigenvalue weighted by atomic mass is 16.5. The van der Waals surface area contributed by atoms with Crippen LogP contribution in [0.1, 0.15) is 18.9 Å². The molecular weight excluding hydrogens is 250 g/mol. The Morgan fingerprint density at radius 1 is 1.10 bits per heavy atom. The Balaban J connectivity index is 1.90. The summed E-state index contributed by atoms with van der Waals surface area (Å²) >= 11 is 0. The van der Waals surface area contributed by atoms with Gasteiger partial charge in [0.05, 0.1) is 6.61 Å². The molecule has 0 amide bonds. The van der Waals surface area contributed by atoms with Crippen LogP contribution in [0, 0.1) is 6.92 Å². The van der Waals surface area contributed by atoms with E-state index in [2.05, 4.69) is 11.9 Å². The molecule has 0 aliphatic heterocycles. The molecule has 102 valence electrons. The van der Waals surface area contributed by atoms with E-state index in [0.29, 0.717) is 5.89 Å². The van der Waals surface area contributed by atoms with Gasteiger partial charge < -0.3 is 9.15 Å². The predicted molar refractivity (Wildman–Crippen MR) is 80.0 cm³/mol. The van der Waals surface area contributed by atoms with Crippen LogP contribution in [-0.2, 0) is 0 Å². The van der Waals surface area contributed by atoms with Gasteiger partial charge in [0.2, 0.25) is 5.89 Å². The van der Waals surface area contributed by atoms with Crippen LogP contribution in [0.5, 0.6) is 5.75 Å². The molecule has 3 nitrogen and oxygen atoms in total. The molecule has 0 N–H and O–H groups in total.